The summed E-state index contributed by atoms with van der Waals surface area (Å²) < 4.78 is 27.5. The van der Waals surface area contributed by atoms with E-state index in [1.54, 1.807) is 6.07 Å². The molecule has 0 saturated heterocycles. The maximum Gasteiger partial charge on any atom is 0.152 e. The number of anilines is 1. The van der Waals surface area contributed by atoms with Crippen molar-refractivity contribution in [2.24, 2.45) is 5.84 Å². The van der Waals surface area contributed by atoms with Crippen molar-refractivity contribution in [2.75, 3.05) is 5.43 Å². The number of rotatable bonds is 2. The number of nitrogen functional groups attached to an aromatic ring is 1. The molecule has 0 spiro atoms. The molecule has 0 amide bonds. The van der Waals surface area contributed by atoms with E-state index < -0.39 is 11.6 Å². The highest BCUT2D eigenvalue weighted by atomic mass is 79.9. The highest BCUT2D eigenvalue weighted by Crippen LogP contribution is 2.42. The molecule has 1 fully saturated rings. The van der Waals surface area contributed by atoms with Crippen LogP contribution in [-0.2, 0) is 0 Å². The first-order valence-corrected chi connectivity index (χ1v) is 6.36. The van der Waals surface area contributed by atoms with E-state index in [0.29, 0.717) is 17.0 Å². The monoisotopic (exact) mass is 313 g/mol. The van der Waals surface area contributed by atoms with Crippen molar-refractivity contribution in [1.29, 1.82) is 0 Å². The summed E-state index contributed by atoms with van der Waals surface area (Å²) in [5.74, 6) is 4.45. The molecule has 1 aromatic heterocycles. The molecule has 1 aliphatic carbocycles. The maximum absolute atomic E-state index is 13.8. The van der Waals surface area contributed by atoms with Gasteiger partial charge in [-0.3, -0.25) is 5.84 Å². The number of fused-ring (bicyclic) bond motifs is 1. The smallest absolute Gasteiger partial charge is 0.152 e. The van der Waals surface area contributed by atoms with Gasteiger partial charge in [0.05, 0.1) is 10.2 Å². The number of pyridine rings is 1. The number of benzene rings is 1. The zero-order valence-electron chi connectivity index (χ0n) is 9.30. The Kier molecular flexibility index (Phi) is 2.71. The van der Waals surface area contributed by atoms with Gasteiger partial charge in [0.2, 0.25) is 0 Å². The van der Waals surface area contributed by atoms with Crippen LogP contribution >= 0.6 is 15.9 Å². The van der Waals surface area contributed by atoms with Crippen molar-refractivity contribution >= 4 is 32.5 Å². The van der Waals surface area contributed by atoms with Gasteiger partial charge in [-0.15, -0.1) is 0 Å². The van der Waals surface area contributed by atoms with Gasteiger partial charge < -0.3 is 5.43 Å². The number of halogens is 3. The molecule has 0 atom stereocenters. The first-order chi connectivity index (χ1) is 8.61. The van der Waals surface area contributed by atoms with Gasteiger partial charge in [-0.25, -0.2) is 13.8 Å². The van der Waals surface area contributed by atoms with Crippen LogP contribution in [0, 0.1) is 11.6 Å². The fourth-order valence-corrected chi connectivity index (χ4v) is 2.54. The minimum atomic E-state index is -0.676. The molecule has 3 N–H and O–H groups in total. The zero-order valence-corrected chi connectivity index (χ0v) is 10.9. The summed E-state index contributed by atoms with van der Waals surface area (Å²) in [5.41, 5.74) is 3.90. The molecule has 0 radical (unpaired) electrons. The van der Waals surface area contributed by atoms with Gasteiger partial charge in [-0.05, 0) is 34.8 Å². The van der Waals surface area contributed by atoms with E-state index in [1.807, 2.05) is 0 Å². The van der Waals surface area contributed by atoms with E-state index in [1.165, 1.54) is 0 Å². The summed E-state index contributed by atoms with van der Waals surface area (Å²) in [6, 6.07) is 2.58. The van der Waals surface area contributed by atoms with Crippen molar-refractivity contribution < 1.29 is 8.78 Å². The van der Waals surface area contributed by atoms with Gasteiger partial charge in [0, 0.05) is 23.1 Å². The quantitative estimate of drug-likeness (QED) is 0.507. The van der Waals surface area contributed by atoms with Crippen molar-refractivity contribution in [3.05, 3.63) is 33.9 Å². The van der Waals surface area contributed by atoms with Crippen LogP contribution in [0.25, 0.3) is 10.9 Å². The Morgan fingerprint density at radius 3 is 2.61 bits per heavy atom. The Bertz CT molecular complexity index is 641. The molecule has 1 saturated carbocycles. The second kappa shape index (κ2) is 4.13. The number of hydrazine groups is 1. The Labute approximate surface area is 110 Å². The fourth-order valence-electron chi connectivity index (χ4n) is 2.02. The van der Waals surface area contributed by atoms with Crippen molar-refractivity contribution in [1.82, 2.24) is 4.98 Å². The number of aromatic nitrogens is 1. The topological polar surface area (TPSA) is 50.9 Å². The summed E-state index contributed by atoms with van der Waals surface area (Å²) in [7, 11) is 0. The molecule has 18 heavy (non-hydrogen) atoms. The Morgan fingerprint density at radius 1 is 1.28 bits per heavy atom. The van der Waals surface area contributed by atoms with E-state index in [2.05, 4.69) is 26.3 Å². The van der Waals surface area contributed by atoms with E-state index in [-0.39, 0.29) is 9.99 Å². The summed E-state index contributed by atoms with van der Waals surface area (Å²) in [6.07, 6.45) is 2.10. The molecule has 0 aliphatic heterocycles. The van der Waals surface area contributed by atoms with E-state index >= 15 is 0 Å². The third-order valence-corrected chi connectivity index (χ3v) is 3.87. The van der Waals surface area contributed by atoms with E-state index in [4.69, 9.17) is 5.84 Å². The molecule has 1 aromatic carbocycles. The molecule has 2 aromatic rings. The van der Waals surface area contributed by atoms with Crippen LogP contribution in [0.1, 0.15) is 24.5 Å². The van der Waals surface area contributed by atoms with Crippen molar-refractivity contribution in [3.63, 3.8) is 0 Å². The van der Waals surface area contributed by atoms with Gasteiger partial charge in [-0.2, -0.15) is 0 Å². The summed E-state index contributed by atoms with van der Waals surface area (Å²) >= 11 is 3.11. The first kappa shape index (κ1) is 11.8. The normalized spacial score (nSPS) is 15.1. The summed E-state index contributed by atoms with van der Waals surface area (Å²) in [4.78, 5) is 4.28. The lowest BCUT2D eigenvalue weighted by atomic mass is 10.1. The number of hydrogen-bond donors (Lipinski definition) is 2. The van der Waals surface area contributed by atoms with Crippen LogP contribution < -0.4 is 11.3 Å². The van der Waals surface area contributed by atoms with Crippen LogP contribution in [0.3, 0.4) is 0 Å². The SMILES string of the molecule is NNc1cc(C2CC2)nc2c(F)cc(F)c(Br)c12. The summed E-state index contributed by atoms with van der Waals surface area (Å²) in [5, 5.41) is 0.333. The number of nitrogens with zero attached hydrogens (tertiary/aromatic N) is 1. The van der Waals surface area contributed by atoms with Gasteiger partial charge in [0.1, 0.15) is 11.3 Å². The van der Waals surface area contributed by atoms with Crippen LogP contribution in [0.2, 0.25) is 0 Å². The van der Waals surface area contributed by atoms with Crippen LogP contribution in [-0.4, -0.2) is 4.98 Å². The molecular weight excluding hydrogens is 304 g/mol. The number of nitrogens with one attached hydrogen (secondary N) is 1. The standard InChI is InChI=1S/C12H10BrF2N3/c13-11-6(14)3-7(15)12-10(11)9(18-16)4-8(17-12)5-1-2-5/h3-5H,1-2,16H2,(H,17,18). The average molecular weight is 314 g/mol. The largest absolute Gasteiger partial charge is 0.323 e. The second-order valence-corrected chi connectivity index (χ2v) is 5.18. The molecule has 3 rings (SSSR count). The molecule has 0 bridgehead atoms. The predicted molar refractivity (Wildman–Crippen MR) is 69.1 cm³/mol. The van der Waals surface area contributed by atoms with Gasteiger partial charge in [-0.1, -0.05) is 0 Å². The average Bonchev–Trinajstić information content (AvgIpc) is 3.18. The predicted octanol–water partition coefficient (Wildman–Crippen LogP) is 3.44. The molecular formula is C12H10BrF2N3. The second-order valence-electron chi connectivity index (χ2n) is 4.39. The first-order valence-electron chi connectivity index (χ1n) is 5.56. The lowest BCUT2D eigenvalue weighted by molar-refractivity contribution is 0.586. The van der Waals surface area contributed by atoms with Gasteiger partial charge in [0.25, 0.3) is 0 Å². The molecule has 6 heteroatoms. The van der Waals surface area contributed by atoms with E-state index in [9.17, 15) is 8.78 Å². The Hall–Kier alpha value is -1.27. The molecule has 1 heterocycles. The summed E-state index contributed by atoms with van der Waals surface area (Å²) in [6.45, 7) is 0. The molecule has 1 aliphatic rings. The van der Waals surface area contributed by atoms with Crippen LogP contribution in [0.15, 0.2) is 16.6 Å². The van der Waals surface area contributed by atoms with Crippen molar-refractivity contribution in [2.45, 2.75) is 18.8 Å². The van der Waals surface area contributed by atoms with E-state index in [0.717, 1.165) is 24.6 Å². The zero-order chi connectivity index (χ0) is 12.9. The number of nitrogens with two attached hydrogens (primary N) is 1. The Balaban J connectivity index is 2.38. The molecule has 94 valence electrons. The third kappa shape index (κ3) is 1.76. The third-order valence-electron chi connectivity index (χ3n) is 3.10. The number of hydrogen-bond acceptors (Lipinski definition) is 3. The minimum absolute atomic E-state index is 0.139. The van der Waals surface area contributed by atoms with Crippen molar-refractivity contribution in [3.8, 4) is 0 Å². The minimum Gasteiger partial charge on any atom is -0.323 e. The maximum atomic E-state index is 13.8. The van der Waals surface area contributed by atoms with Crippen LogP contribution in [0.5, 0.6) is 0 Å². The molecule has 3 nitrogen and oxygen atoms in total. The van der Waals surface area contributed by atoms with Crippen LogP contribution in [0.4, 0.5) is 14.5 Å². The van der Waals surface area contributed by atoms with Gasteiger partial charge >= 0.3 is 0 Å². The van der Waals surface area contributed by atoms with Gasteiger partial charge in [0.15, 0.2) is 5.82 Å². The molecule has 0 unspecified atom stereocenters. The highest BCUT2D eigenvalue weighted by Gasteiger charge is 2.27. The Morgan fingerprint density at radius 2 is 2.00 bits per heavy atom. The highest BCUT2D eigenvalue weighted by molar-refractivity contribution is 9.10. The fraction of sp³-hybridized carbons (Fsp3) is 0.250. The lowest BCUT2D eigenvalue weighted by Gasteiger charge is -2.11. The lowest BCUT2D eigenvalue weighted by Crippen LogP contribution is -2.09.